The average molecular weight is 637 g/mol. The Balaban J connectivity index is 0.000000238. The van der Waals surface area contributed by atoms with Gasteiger partial charge in [-0.3, -0.25) is 18.7 Å². The maximum atomic E-state index is 12.6. The van der Waals surface area contributed by atoms with Crippen molar-refractivity contribution in [3.05, 3.63) is 123 Å². The van der Waals surface area contributed by atoms with Gasteiger partial charge in [-0.15, -0.1) is 0 Å². The van der Waals surface area contributed by atoms with Gasteiger partial charge in [-0.2, -0.15) is 26.3 Å². The lowest BCUT2D eigenvalue weighted by Crippen LogP contribution is -2.21. The zero-order valence-corrected chi connectivity index (χ0v) is 22.5. The number of aliphatic hydroxyl groups excluding tert-OH is 1. The number of alkyl halides is 8. The molecule has 0 bridgehead atoms. The number of hydrogen-bond donors (Lipinski definition) is 1. The van der Waals surface area contributed by atoms with Crippen LogP contribution in [0.3, 0.4) is 0 Å². The van der Waals surface area contributed by atoms with Gasteiger partial charge in [-0.25, -0.2) is 17.2 Å². The minimum atomic E-state index is -4.87. The molecular weight excluding hydrogens is 616 g/mol. The van der Waals surface area contributed by atoms with Crippen molar-refractivity contribution in [1.82, 2.24) is 9.13 Å². The van der Waals surface area contributed by atoms with Gasteiger partial charge in [0.1, 0.15) is 0 Å². The van der Waals surface area contributed by atoms with E-state index in [1.165, 1.54) is 24.3 Å². The fourth-order valence-electron chi connectivity index (χ4n) is 3.55. The molecule has 43 heavy (non-hydrogen) atoms. The number of hydrogen-bond acceptors (Lipinski definition) is 5. The molecule has 0 spiro atoms. The van der Waals surface area contributed by atoms with Crippen LogP contribution in [0.5, 0.6) is 0 Å². The number of sulfone groups is 1. The molecule has 0 aliphatic carbocycles. The van der Waals surface area contributed by atoms with Gasteiger partial charge in [0.05, 0.1) is 10.5 Å². The van der Waals surface area contributed by atoms with Gasteiger partial charge >= 0.3 is 12.4 Å². The molecule has 2 heterocycles. The van der Waals surface area contributed by atoms with E-state index < -0.39 is 57.0 Å². The van der Waals surface area contributed by atoms with Crippen LogP contribution in [-0.4, -0.2) is 35.1 Å². The van der Waals surface area contributed by atoms with Crippen molar-refractivity contribution in [3.63, 3.8) is 0 Å². The Hall–Kier alpha value is -4.31. The van der Waals surface area contributed by atoms with E-state index >= 15 is 0 Å². The number of pyridine rings is 2. The smallest absolute Gasteiger partial charge is 0.379 e. The maximum Gasteiger partial charge on any atom is 0.418 e. The highest BCUT2D eigenvalue weighted by atomic mass is 32.2. The minimum absolute atomic E-state index is 0.0563. The molecule has 16 heteroatoms. The second kappa shape index (κ2) is 12.5. The number of rotatable bonds is 5. The van der Waals surface area contributed by atoms with Crippen LogP contribution in [-0.2, 0) is 16.0 Å². The molecule has 0 saturated carbocycles. The molecule has 1 unspecified atom stereocenters. The molecule has 0 saturated heterocycles. The topological polar surface area (TPSA) is 98.4 Å². The van der Waals surface area contributed by atoms with E-state index in [2.05, 4.69) is 0 Å². The molecule has 1 atom stereocenters. The van der Waals surface area contributed by atoms with Gasteiger partial charge in [0.2, 0.25) is 0 Å². The fourth-order valence-corrected chi connectivity index (χ4v) is 4.18. The highest BCUT2D eigenvalue weighted by molar-refractivity contribution is 7.90. The van der Waals surface area contributed by atoms with E-state index in [0.717, 1.165) is 53.4 Å². The molecule has 1 N–H and O–H groups in total. The van der Waals surface area contributed by atoms with Crippen molar-refractivity contribution in [2.24, 2.45) is 0 Å². The molecule has 4 aromatic rings. The zero-order valence-electron chi connectivity index (χ0n) is 21.6. The number of aromatic nitrogens is 2. The van der Waals surface area contributed by atoms with E-state index in [-0.39, 0.29) is 16.1 Å². The number of nitrogens with zero attached hydrogens (tertiary/aromatic N) is 2. The van der Waals surface area contributed by atoms with Crippen LogP contribution in [0.1, 0.15) is 29.2 Å². The molecule has 2 aromatic heterocycles. The van der Waals surface area contributed by atoms with Crippen LogP contribution < -0.4 is 11.1 Å². The number of aliphatic hydroxyl groups is 1. The van der Waals surface area contributed by atoms with Gasteiger partial charge in [0.15, 0.2) is 15.9 Å². The molecule has 230 valence electrons. The molecule has 0 aliphatic rings. The van der Waals surface area contributed by atoms with Gasteiger partial charge in [0, 0.05) is 47.7 Å². The van der Waals surface area contributed by atoms with Crippen LogP contribution in [0.25, 0.3) is 11.4 Å². The van der Waals surface area contributed by atoms with Crippen LogP contribution in [0.4, 0.5) is 35.1 Å². The number of halogens is 8. The van der Waals surface area contributed by atoms with Crippen LogP contribution >= 0.6 is 0 Å². The molecule has 2 aromatic carbocycles. The van der Waals surface area contributed by atoms with Gasteiger partial charge in [-0.1, -0.05) is 12.1 Å². The van der Waals surface area contributed by atoms with Crippen LogP contribution in [0.2, 0.25) is 0 Å². The van der Waals surface area contributed by atoms with Crippen LogP contribution in [0.15, 0.2) is 99.7 Å². The van der Waals surface area contributed by atoms with Crippen molar-refractivity contribution < 1.29 is 48.6 Å². The Labute approximate surface area is 237 Å². The Morgan fingerprint density at radius 1 is 0.674 bits per heavy atom. The predicted molar refractivity (Wildman–Crippen MR) is 138 cm³/mol. The Kier molecular flexibility index (Phi) is 9.66. The van der Waals surface area contributed by atoms with Crippen molar-refractivity contribution in [2.45, 2.75) is 29.8 Å². The first-order valence-electron chi connectivity index (χ1n) is 11.8. The lowest BCUT2D eigenvalue weighted by molar-refractivity contribution is -0.206. The fraction of sp³-hybridized carbons (Fsp3) is 0.185. The summed E-state index contributed by atoms with van der Waals surface area (Å²) in [5.41, 5.74) is -2.82. The Morgan fingerprint density at radius 3 is 1.56 bits per heavy atom. The monoisotopic (exact) mass is 636 g/mol. The minimum Gasteiger partial charge on any atom is -0.379 e. The standard InChI is InChI=1S/C14H9F6NO2.C13H11F2NO3S/c15-13(16,17)9-3-6-11(22)21(7-9)10-4-1-8(2-5-10)12(23)14(18,19)20;1-20(18,19)11-5-3-10(4-6-11)16-8-9(13(14)15)2-7-12(16)17/h1-7,12,23H;2-8,13H,1H3. The van der Waals surface area contributed by atoms with E-state index in [9.17, 15) is 53.1 Å². The molecular formula is C27H20F8N2O5S. The SMILES string of the molecule is CS(=O)(=O)c1ccc(-n2cc(C(F)F)ccc2=O)cc1.O=c1ccc(C(F)(F)F)cn1-c1ccc(C(O)C(F)(F)F)cc1. The van der Waals surface area contributed by atoms with E-state index in [1.54, 1.807) is 0 Å². The zero-order chi connectivity index (χ0) is 32.3. The molecule has 7 nitrogen and oxygen atoms in total. The molecule has 0 amide bonds. The summed E-state index contributed by atoms with van der Waals surface area (Å²) in [7, 11) is -3.34. The van der Waals surface area contributed by atoms with E-state index in [0.29, 0.717) is 28.6 Å². The van der Waals surface area contributed by atoms with Gasteiger partial charge in [0.25, 0.3) is 17.5 Å². The summed E-state index contributed by atoms with van der Waals surface area (Å²) in [6, 6.07) is 12.7. The predicted octanol–water partition coefficient (Wildman–Crippen LogP) is 5.63. The molecule has 0 fully saturated rings. The third-order valence-corrected chi connectivity index (χ3v) is 6.89. The second-order valence-electron chi connectivity index (χ2n) is 8.90. The summed E-state index contributed by atoms with van der Waals surface area (Å²) < 4.78 is 125. The summed E-state index contributed by atoms with van der Waals surface area (Å²) in [5, 5.41) is 9.08. The summed E-state index contributed by atoms with van der Waals surface area (Å²) in [5.74, 6) is 0. The van der Waals surface area contributed by atoms with Gasteiger partial charge < -0.3 is 5.11 Å². The largest absolute Gasteiger partial charge is 0.418 e. The van der Waals surface area contributed by atoms with Crippen molar-refractivity contribution >= 4 is 9.84 Å². The number of benzene rings is 2. The molecule has 0 radical (unpaired) electrons. The van der Waals surface area contributed by atoms with Crippen molar-refractivity contribution in [2.75, 3.05) is 6.26 Å². The van der Waals surface area contributed by atoms with Gasteiger partial charge in [-0.05, 0) is 54.1 Å². The lowest BCUT2D eigenvalue weighted by atomic mass is 10.1. The Bertz CT molecular complexity index is 1800. The first-order valence-corrected chi connectivity index (χ1v) is 13.6. The summed E-state index contributed by atoms with van der Waals surface area (Å²) in [4.78, 5) is 23.4. The van der Waals surface area contributed by atoms with Crippen LogP contribution in [0, 0.1) is 0 Å². The highest BCUT2D eigenvalue weighted by Gasteiger charge is 2.39. The second-order valence-corrected chi connectivity index (χ2v) is 10.9. The third kappa shape index (κ3) is 8.38. The third-order valence-electron chi connectivity index (χ3n) is 5.76. The summed E-state index contributed by atoms with van der Waals surface area (Å²) in [6.07, 6.45) is -12.3. The summed E-state index contributed by atoms with van der Waals surface area (Å²) >= 11 is 0. The van der Waals surface area contributed by atoms with Crippen molar-refractivity contribution in [1.29, 1.82) is 0 Å². The summed E-state index contributed by atoms with van der Waals surface area (Å²) in [6.45, 7) is 0. The lowest BCUT2D eigenvalue weighted by Gasteiger charge is -2.15. The normalized spacial score (nSPS) is 12.9. The highest BCUT2D eigenvalue weighted by Crippen LogP contribution is 2.33. The van der Waals surface area contributed by atoms with E-state index in [4.69, 9.17) is 5.11 Å². The molecule has 0 aliphatic heterocycles. The average Bonchev–Trinajstić information content (AvgIpc) is 2.92. The van der Waals surface area contributed by atoms with E-state index in [1.807, 2.05) is 0 Å². The molecule has 4 rings (SSSR count). The maximum absolute atomic E-state index is 12.6. The van der Waals surface area contributed by atoms with Crippen molar-refractivity contribution in [3.8, 4) is 11.4 Å². The first kappa shape index (κ1) is 33.2. The quantitative estimate of drug-likeness (QED) is 0.287. The first-order chi connectivity index (χ1) is 19.8. The Morgan fingerprint density at radius 2 is 1.12 bits per heavy atom.